The Morgan fingerprint density at radius 1 is 1.50 bits per heavy atom. The van der Waals surface area contributed by atoms with Gasteiger partial charge in [-0.1, -0.05) is 6.92 Å². The van der Waals surface area contributed by atoms with Crippen molar-refractivity contribution in [3.8, 4) is 0 Å². The molecule has 0 radical (unpaired) electrons. The zero-order valence-corrected chi connectivity index (χ0v) is 11.5. The van der Waals surface area contributed by atoms with Crippen LogP contribution >= 0.6 is 11.6 Å². The van der Waals surface area contributed by atoms with Crippen molar-refractivity contribution in [3.63, 3.8) is 0 Å². The normalized spacial score (nSPS) is 13.1. The second-order valence-electron chi connectivity index (χ2n) is 3.96. The van der Waals surface area contributed by atoms with Crippen LogP contribution in [0.3, 0.4) is 0 Å². The Kier molecular flexibility index (Phi) is 4.70. The van der Waals surface area contributed by atoms with Crippen molar-refractivity contribution in [2.24, 2.45) is 5.92 Å². The van der Waals surface area contributed by atoms with E-state index in [0.29, 0.717) is 0 Å². The molecule has 0 bridgehead atoms. The highest BCUT2D eigenvalue weighted by molar-refractivity contribution is 7.90. The Morgan fingerprint density at radius 2 is 2.11 bits per heavy atom. The highest BCUT2D eigenvalue weighted by Crippen LogP contribution is 2.20. The number of sulfone groups is 1. The van der Waals surface area contributed by atoms with E-state index in [9.17, 15) is 17.6 Å². The largest absolute Gasteiger partial charge is 0.323 e. The molecule has 0 fully saturated rings. The minimum atomic E-state index is -3.45. The molecular weight excluding hydrogens is 281 g/mol. The minimum absolute atomic E-state index is 0.0577. The van der Waals surface area contributed by atoms with Crippen molar-refractivity contribution in [1.29, 1.82) is 0 Å². The Balaban J connectivity index is 3.06. The summed E-state index contributed by atoms with van der Waals surface area (Å²) in [5.74, 6) is -1.56. The molecule has 0 aliphatic heterocycles. The SMILES string of the molecule is CC(CCl)C(=O)Nc1cc(S(C)(=O)=O)ccc1F. The second kappa shape index (κ2) is 5.67. The number of hydrogen-bond donors (Lipinski definition) is 1. The van der Waals surface area contributed by atoms with E-state index in [0.717, 1.165) is 24.5 Å². The van der Waals surface area contributed by atoms with Crippen molar-refractivity contribution in [2.45, 2.75) is 11.8 Å². The van der Waals surface area contributed by atoms with Gasteiger partial charge in [0.05, 0.1) is 10.6 Å². The number of hydrogen-bond acceptors (Lipinski definition) is 3. The number of carbonyl (C=O) groups excluding carboxylic acids is 1. The van der Waals surface area contributed by atoms with Gasteiger partial charge < -0.3 is 5.32 Å². The summed E-state index contributed by atoms with van der Waals surface area (Å²) in [6.07, 6.45) is 1.01. The molecule has 4 nitrogen and oxygen atoms in total. The summed E-state index contributed by atoms with van der Waals surface area (Å²) in [4.78, 5) is 11.5. The number of halogens is 2. The van der Waals surface area contributed by atoms with E-state index in [1.54, 1.807) is 6.92 Å². The lowest BCUT2D eigenvalue weighted by Crippen LogP contribution is -2.22. The van der Waals surface area contributed by atoms with Crippen molar-refractivity contribution in [2.75, 3.05) is 17.5 Å². The van der Waals surface area contributed by atoms with Gasteiger partial charge in [-0.05, 0) is 18.2 Å². The number of anilines is 1. The van der Waals surface area contributed by atoms with Gasteiger partial charge in [-0.25, -0.2) is 12.8 Å². The van der Waals surface area contributed by atoms with Crippen molar-refractivity contribution in [3.05, 3.63) is 24.0 Å². The van der Waals surface area contributed by atoms with E-state index in [1.165, 1.54) is 0 Å². The third-order valence-electron chi connectivity index (χ3n) is 2.30. The van der Waals surface area contributed by atoms with Gasteiger partial charge in [-0.2, -0.15) is 0 Å². The Hall–Kier alpha value is -1.14. The molecule has 1 aromatic carbocycles. The van der Waals surface area contributed by atoms with Gasteiger partial charge in [-0.15, -0.1) is 11.6 Å². The van der Waals surface area contributed by atoms with Crippen LogP contribution in [0.2, 0.25) is 0 Å². The molecule has 100 valence electrons. The zero-order chi connectivity index (χ0) is 13.9. The first-order chi connectivity index (χ1) is 8.25. The predicted molar refractivity (Wildman–Crippen MR) is 68.0 cm³/mol. The van der Waals surface area contributed by atoms with E-state index in [1.807, 2.05) is 0 Å². The fraction of sp³-hybridized carbons (Fsp3) is 0.364. The van der Waals surface area contributed by atoms with E-state index in [-0.39, 0.29) is 16.5 Å². The molecule has 0 spiro atoms. The number of benzene rings is 1. The van der Waals surface area contributed by atoms with Gasteiger partial charge in [0.2, 0.25) is 5.91 Å². The van der Waals surface area contributed by atoms with E-state index < -0.39 is 27.5 Å². The van der Waals surface area contributed by atoms with Crippen molar-refractivity contribution < 1.29 is 17.6 Å². The summed E-state index contributed by atoms with van der Waals surface area (Å²) in [5.41, 5.74) is -0.167. The number of carbonyl (C=O) groups is 1. The molecule has 0 aliphatic carbocycles. The summed E-state index contributed by atoms with van der Waals surface area (Å²) in [6, 6.07) is 3.23. The Morgan fingerprint density at radius 3 is 2.61 bits per heavy atom. The van der Waals surface area contributed by atoms with Gasteiger partial charge >= 0.3 is 0 Å². The van der Waals surface area contributed by atoms with Crippen molar-refractivity contribution >= 4 is 33.0 Å². The van der Waals surface area contributed by atoms with Gasteiger partial charge in [0.25, 0.3) is 0 Å². The molecule has 0 aliphatic rings. The molecule has 1 atom stereocenters. The topological polar surface area (TPSA) is 63.2 Å². The molecular formula is C11H13ClFNO3S. The van der Waals surface area contributed by atoms with Gasteiger partial charge in [0, 0.05) is 18.1 Å². The number of alkyl halides is 1. The lowest BCUT2D eigenvalue weighted by atomic mass is 10.2. The average molecular weight is 294 g/mol. The van der Waals surface area contributed by atoms with E-state index in [4.69, 9.17) is 11.6 Å². The summed E-state index contributed by atoms with van der Waals surface area (Å²) >= 11 is 5.51. The molecule has 0 saturated carbocycles. The highest BCUT2D eigenvalue weighted by atomic mass is 35.5. The van der Waals surface area contributed by atoms with Crippen LogP contribution in [0.25, 0.3) is 0 Å². The predicted octanol–water partition coefficient (Wildman–Crippen LogP) is 2.04. The maximum Gasteiger partial charge on any atom is 0.228 e. The first-order valence-corrected chi connectivity index (χ1v) is 7.54. The lowest BCUT2D eigenvalue weighted by molar-refractivity contribution is -0.118. The van der Waals surface area contributed by atoms with Gasteiger partial charge in [0.15, 0.2) is 9.84 Å². The standard InChI is InChI=1S/C11H13ClFNO3S/c1-7(6-12)11(15)14-10-5-8(18(2,16)17)3-4-9(10)13/h3-5,7H,6H2,1-2H3,(H,14,15). The smallest absolute Gasteiger partial charge is 0.228 e. The van der Waals surface area contributed by atoms with Crippen LogP contribution in [-0.4, -0.2) is 26.5 Å². The minimum Gasteiger partial charge on any atom is -0.323 e. The van der Waals surface area contributed by atoms with Gasteiger partial charge in [-0.3, -0.25) is 4.79 Å². The van der Waals surface area contributed by atoms with Crippen LogP contribution in [0.5, 0.6) is 0 Å². The molecule has 0 heterocycles. The van der Waals surface area contributed by atoms with Crippen LogP contribution < -0.4 is 5.32 Å². The summed E-state index contributed by atoms with van der Waals surface area (Å²) in [5, 5.41) is 2.31. The Bertz CT molecular complexity index is 559. The number of nitrogens with one attached hydrogen (secondary N) is 1. The van der Waals surface area contributed by atoms with Crippen molar-refractivity contribution in [1.82, 2.24) is 0 Å². The molecule has 0 aromatic heterocycles. The average Bonchev–Trinajstić information content (AvgIpc) is 2.29. The third-order valence-corrected chi connectivity index (χ3v) is 3.88. The van der Waals surface area contributed by atoms with Crippen LogP contribution in [0, 0.1) is 11.7 Å². The second-order valence-corrected chi connectivity index (χ2v) is 6.28. The molecule has 1 amide bonds. The van der Waals surface area contributed by atoms with Gasteiger partial charge in [0.1, 0.15) is 5.82 Å². The molecule has 1 aromatic rings. The number of rotatable bonds is 4. The maximum absolute atomic E-state index is 13.4. The van der Waals surface area contributed by atoms with Crippen LogP contribution in [0.4, 0.5) is 10.1 Å². The van der Waals surface area contributed by atoms with Crippen LogP contribution in [0.1, 0.15) is 6.92 Å². The molecule has 0 saturated heterocycles. The van der Waals surface area contributed by atoms with E-state index >= 15 is 0 Å². The Labute approximate surface area is 110 Å². The maximum atomic E-state index is 13.4. The fourth-order valence-electron chi connectivity index (χ4n) is 1.16. The zero-order valence-electron chi connectivity index (χ0n) is 9.91. The third kappa shape index (κ3) is 3.68. The molecule has 1 N–H and O–H groups in total. The first-order valence-electron chi connectivity index (χ1n) is 5.12. The number of amides is 1. The summed E-state index contributed by atoms with van der Waals surface area (Å²) < 4.78 is 36.1. The summed E-state index contributed by atoms with van der Waals surface area (Å²) in [6.45, 7) is 1.58. The molecule has 18 heavy (non-hydrogen) atoms. The highest BCUT2D eigenvalue weighted by Gasteiger charge is 2.16. The van der Waals surface area contributed by atoms with Crippen LogP contribution in [0.15, 0.2) is 23.1 Å². The molecule has 1 rings (SSSR count). The lowest BCUT2D eigenvalue weighted by Gasteiger charge is -2.11. The monoisotopic (exact) mass is 293 g/mol. The summed E-state index contributed by atoms with van der Waals surface area (Å²) in [7, 11) is -3.45. The van der Waals surface area contributed by atoms with Crippen LogP contribution in [-0.2, 0) is 14.6 Å². The van der Waals surface area contributed by atoms with E-state index in [2.05, 4.69) is 5.32 Å². The quantitative estimate of drug-likeness (QED) is 0.682. The molecule has 7 heteroatoms. The molecule has 1 unspecified atom stereocenters. The first kappa shape index (κ1) is 14.9. The fourth-order valence-corrected chi connectivity index (χ4v) is 1.94.